The van der Waals surface area contributed by atoms with Gasteiger partial charge in [0.1, 0.15) is 12.1 Å². The molecule has 0 N–H and O–H groups in total. The van der Waals surface area contributed by atoms with E-state index < -0.39 is 0 Å². The van der Waals surface area contributed by atoms with Crippen LogP contribution in [0.2, 0.25) is 0 Å². The van der Waals surface area contributed by atoms with Crippen molar-refractivity contribution in [2.24, 2.45) is 0 Å². The Morgan fingerprint density at radius 2 is 1.64 bits per heavy atom. The molecule has 0 radical (unpaired) electrons. The van der Waals surface area contributed by atoms with E-state index in [4.69, 9.17) is 0 Å². The van der Waals surface area contributed by atoms with Crippen molar-refractivity contribution in [1.29, 1.82) is 0 Å². The van der Waals surface area contributed by atoms with Crippen LogP contribution in [0.25, 0.3) is 11.3 Å². The molecule has 22 heavy (non-hydrogen) atoms. The van der Waals surface area contributed by atoms with Gasteiger partial charge in [-0.2, -0.15) is 0 Å². The van der Waals surface area contributed by atoms with Gasteiger partial charge in [0.2, 0.25) is 0 Å². The molecule has 1 fully saturated rings. The second kappa shape index (κ2) is 6.32. The normalized spacial score (nSPS) is 15.9. The van der Waals surface area contributed by atoms with Gasteiger partial charge in [0, 0.05) is 57.6 Å². The first-order valence-corrected chi connectivity index (χ1v) is 7.67. The van der Waals surface area contributed by atoms with E-state index in [1.807, 2.05) is 14.1 Å². The summed E-state index contributed by atoms with van der Waals surface area (Å²) in [6, 6.07) is 10.6. The van der Waals surface area contributed by atoms with Crippen molar-refractivity contribution in [1.82, 2.24) is 14.9 Å². The van der Waals surface area contributed by atoms with E-state index in [1.165, 1.54) is 5.69 Å². The van der Waals surface area contributed by atoms with Crippen molar-refractivity contribution in [3.63, 3.8) is 0 Å². The van der Waals surface area contributed by atoms with Crippen LogP contribution in [0.4, 0.5) is 11.5 Å². The van der Waals surface area contributed by atoms with E-state index in [0.717, 1.165) is 43.3 Å². The molecule has 0 atom stereocenters. The van der Waals surface area contributed by atoms with Crippen LogP contribution in [0.15, 0.2) is 36.7 Å². The highest BCUT2D eigenvalue weighted by molar-refractivity contribution is 5.65. The zero-order valence-electron chi connectivity index (χ0n) is 13.5. The molecule has 1 aliphatic heterocycles. The number of hydrogen-bond donors (Lipinski definition) is 0. The van der Waals surface area contributed by atoms with Crippen molar-refractivity contribution in [2.45, 2.75) is 0 Å². The molecule has 0 spiro atoms. The van der Waals surface area contributed by atoms with Crippen LogP contribution in [-0.4, -0.2) is 62.2 Å². The molecule has 116 valence electrons. The molecule has 1 aliphatic rings. The smallest absolute Gasteiger partial charge is 0.132 e. The Hall–Kier alpha value is -2.14. The van der Waals surface area contributed by atoms with E-state index in [2.05, 4.69) is 62.0 Å². The number of piperazine rings is 1. The third kappa shape index (κ3) is 3.20. The Morgan fingerprint density at radius 3 is 2.27 bits per heavy atom. The molecule has 3 rings (SSSR count). The first-order chi connectivity index (χ1) is 10.6. The third-order valence-corrected chi connectivity index (χ3v) is 4.16. The summed E-state index contributed by atoms with van der Waals surface area (Å²) < 4.78 is 0. The lowest BCUT2D eigenvalue weighted by atomic mass is 10.1. The summed E-state index contributed by atoms with van der Waals surface area (Å²) in [7, 11) is 6.26. The largest absolute Gasteiger partial charge is 0.378 e. The monoisotopic (exact) mass is 297 g/mol. The zero-order valence-corrected chi connectivity index (χ0v) is 13.5. The topological polar surface area (TPSA) is 35.5 Å². The number of nitrogens with zero attached hydrogens (tertiary/aromatic N) is 5. The number of hydrogen-bond acceptors (Lipinski definition) is 5. The molecule has 5 nitrogen and oxygen atoms in total. The fraction of sp³-hybridized carbons (Fsp3) is 0.412. The van der Waals surface area contributed by atoms with E-state index >= 15 is 0 Å². The van der Waals surface area contributed by atoms with E-state index in [-0.39, 0.29) is 0 Å². The van der Waals surface area contributed by atoms with Crippen LogP contribution in [0.1, 0.15) is 0 Å². The predicted molar refractivity (Wildman–Crippen MR) is 91.5 cm³/mol. The van der Waals surface area contributed by atoms with Crippen LogP contribution in [-0.2, 0) is 0 Å². The van der Waals surface area contributed by atoms with Gasteiger partial charge in [0.05, 0.1) is 5.69 Å². The molecule has 0 saturated carbocycles. The fourth-order valence-electron chi connectivity index (χ4n) is 2.64. The van der Waals surface area contributed by atoms with E-state index in [0.29, 0.717) is 0 Å². The zero-order chi connectivity index (χ0) is 15.5. The van der Waals surface area contributed by atoms with Crippen LogP contribution in [0.5, 0.6) is 0 Å². The minimum Gasteiger partial charge on any atom is -0.378 e. The quantitative estimate of drug-likeness (QED) is 0.865. The highest BCUT2D eigenvalue weighted by atomic mass is 15.3. The van der Waals surface area contributed by atoms with E-state index in [1.54, 1.807) is 6.33 Å². The SMILES string of the molecule is CN1CCN(c2cc(-c3ccc(N(C)C)cc3)ncn2)CC1. The van der Waals surface area contributed by atoms with Gasteiger partial charge >= 0.3 is 0 Å². The molecular formula is C17H23N5. The van der Waals surface area contributed by atoms with Crippen molar-refractivity contribution in [3.05, 3.63) is 36.7 Å². The van der Waals surface area contributed by atoms with E-state index in [9.17, 15) is 0 Å². The van der Waals surface area contributed by atoms with Crippen LogP contribution < -0.4 is 9.80 Å². The molecule has 1 saturated heterocycles. The first-order valence-electron chi connectivity index (χ1n) is 7.67. The molecule has 2 aromatic rings. The van der Waals surface area contributed by atoms with Crippen molar-refractivity contribution in [3.8, 4) is 11.3 Å². The average molecular weight is 297 g/mol. The summed E-state index contributed by atoms with van der Waals surface area (Å²) in [4.78, 5) is 15.7. The summed E-state index contributed by atoms with van der Waals surface area (Å²) in [5.74, 6) is 1.02. The van der Waals surface area contributed by atoms with Gasteiger partial charge in [-0.25, -0.2) is 9.97 Å². The molecule has 5 heteroatoms. The molecule has 2 heterocycles. The number of benzene rings is 1. The summed E-state index contributed by atoms with van der Waals surface area (Å²) in [5.41, 5.74) is 3.30. The van der Waals surface area contributed by atoms with Crippen molar-refractivity contribution < 1.29 is 0 Å². The second-order valence-electron chi connectivity index (χ2n) is 5.99. The minimum atomic E-state index is 0.981. The molecular weight excluding hydrogens is 274 g/mol. The van der Waals surface area contributed by atoms with Crippen LogP contribution in [0.3, 0.4) is 0 Å². The second-order valence-corrected chi connectivity index (χ2v) is 5.99. The maximum Gasteiger partial charge on any atom is 0.132 e. The van der Waals surface area contributed by atoms with Gasteiger partial charge in [0.25, 0.3) is 0 Å². The number of aromatic nitrogens is 2. The summed E-state index contributed by atoms with van der Waals surface area (Å²) in [6.07, 6.45) is 1.67. The number of anilines is 2. The lowest BCUT2D eigenvalue weighted by Crippen LogP contribution is -2.44. The molecule has 0 aliphatic carbocycles. The highest BCUT2D eigenvalue weighted by Crippen LogP contribution is 2.23. The molecule has 1 aromatic carbocycles. The first kappa shape index (κ1) is 14.8. The lowest BCUT2D eigenvalue weighted by Gasteiger charge is -2.33. The summed E-state index contributed by atoms with van der Waals surface area (Å²) in [6.45, 7) is 4.20. The number of rotatable bonds is 3. The Balaban J connectivity index is 1.81. The molecule has 0 unspecified atom stereocenters. The van der Waals surface area contributed by atoms with Crippen molar-refractivity contribution in [2.75, 3.05) is 57.1 Å². The van der Waals surface area contributed by atoms with Gasteiger partial charge in [-0.1, -0.05) is 12.1 Å². The maximum absolute atomic E-state index is 4.45. The Bertz CT molecular complexity index is 615. The van der Waals surface area contributed by atoms with Gasteiger partial charge < -0.3 is 14.7 Å². The van der Waals surface area contributed by atoms with Crippen molar-refractivity contribution >= 4 is 11.5 Å². The van der Waals surface area contributed by atoms with Gasteiger partial charge in [0.15, 0.2) is 0 Å². The fourth-order valence-corrected chi connectivity index (χ4v) is 2.64. The average Bonchev–Trinajstić information content (AvgIpc) is 2.56. The summed E-state index contributed by atoms with van der Waals surface area (Å²) >= 11 is 0. The van der Waals surface area contributed by atoms with Crippen LogP contribution >= 0.6 is 0 Å². The molecule has 0 amide bonds. The summed E-state index contributed by atoms with van der Waals surface area (Å²) in [5, 5.41) is 0. The predicted octanol–water partition coefficient (Wildman–Crippen LogP) is 1.96. The Kier molecular flexibility index (Phi) is 4.24. The third-order valence-electron chi connectivity index (χ3n) is 4.16. The number of likely N-dealkylation sites (N-methyl/N-ethyl adjacent to an activating group) is 1. The highest BCUT2D eigenvalue weighted by Gasteiger charge is 2.16. The molecule has 1 aromatic heterocycles. The Labute approximate surface area is 132 Å². The minimum absolute atomic E-state index is 0.981. The standard InChI is InChI=1S/C17H23N5/c1-20(2)15-6-4-14(5-7-15)16-12-17(19-13-18-16)22-10-8-21(3)9-11-22/h4-7,12-13H,8-11H2,1-3H3. The van der Waals surface area contributed by atoms with Gasteiger partial charge in [-0.15, -0.1) is 0 Å². The van der Waals surface area contributed by atoms with Gasteiger partial charge in [-0.3, -0.25) is 0 Å². The van der Waals surface area contributed by atoms with Gasteiger partial charge in [-0.05, 0) is 19.2 Å². The molecule has 0 bridgehead atoms. The van der Waals surface area contributed by atoms with Crippen LogP contribution in [0, 0.1) is 0 Å². The lowest BCUT2D eigenvalue weighted by molar-refractivity contribution is 0.312. The maximum atomic E-state index is 4.45. The Morgan fingerprint density at radius 1 is 0.955 bits per heavy atom.